The summed E-state index contributed by atoms with van der Waals surface area (Å²) in [4.78, 5) is 4.32. The molecular formula is C11H16N4O. The predicted octanol–water partition coefficient (Wildman–Crippen LogP) is 1.44. The van der Waals surface area contributed by atoms with Gasteiger partial charge in [0.25, 0.3) is 0 Å². The van der Waals surface area contributed by atoms with E-state index in [0.717, 1.165) is 24.6 Å². The molecule has 1 atom stereocenters. The molecule has 0 aliphatic heterocycles. The number of furan rings is 1. The van der Waals surface area contributed by atoms with Crippen LogP contribution in [-0.4, -0.2) is 9.55 Å². The zero-order chi connectivity index (χ0) is 11.4. The topological polar surface area (TPSA) is 69.0 Å². The van der Waals surface area contributed by atoms with Crippen LogP contribution in [0, 0.1) is 0 Å². The summed E-state index contributed by atoms with van der Waals surface area (Å²) in [5.74, 6) is 7.20. The van der Waals surface area contributed by atoms with Crippen molar-refractivity contribution < 1.29 is 4.42 Å². The zero-order valence-corrected chi connectivity index (χ0v) is 9.26. The molecule has 0 fully saturated rings. The Morgan fingerprint density at radius 1 is 1.62 bits per heavy atom. The smallest absolute Gasteiger partial charge is 0.137 e. The van der Waals surface area contributed by atoms with Crippen molar-refractivity contribution >= 4 is 0 Å². The molecular weight excluding hydrogens is 204 g/mol. The van der Waals surface area contributed by atoms with Crippen molar-refractivity contribution in [1.29, 1.82) is 0 Å². The van der Waals surface area contributed by atoms with Crippen LogP contribution in [0.5, 0.6) is 0 Å². The van der Waals surface area contributed by atoms with E-state index in [2.05, 4.69) is 21.9 Å². The van der Waals surface area contributed by atoms with Gasteiger partial charge < -0.3 is 8.98 Å². The molecule has 16 heavy (non-hydrogen) atoms. The van der Waals surface area contributed by atoms with Crippen molar-refractivity contribution in [2.24, 2.45) is 5.84 Å². The summed E-state index contributed by atoms with van der Waals surface area (Å²) in [6.07, 6.45) is 6.41. The van der Waals surface area contributed by atoms with Crippen LogP contribution in [0.1, 0.15) is 31.0 Å². The van der Waals surface area contributed by atoms with Crippen LogP contribution in [0.2, 0.25) is 0 Å². The van der Waals surface area contributed by atoms with Gasteiger partial charge in [-0.2, -0.15) is 0 Å². The van der Waals surface area contributed by atoms with Gasteiger partial charge in [-0.3, -0.25) is 5.84 Å². The second-order valence-electron chi connectivity index (χ2n) is 3.59. The summed E-state index contributed by atoms with van der Waals surface area (Å²) in [5, 5.41) is 0. The summed E-state index contributed by atoms with van der Waals surface area (Å²) in [7, 11) is 0. The highest BCUT2D eigenvalue weighted by Crippen LogP contribution is 2.20. The Labute approximate surface area is 94.2 Å². The molecule has 2 heterocycles. The molecule has 0 amide bonds. The van der Waals surface area contributed by atoms with Gasteiger partial charge >= 0.3 is 0 Å². The van der Waals surface area contributed by atoms with E-state index in [1.165, 1.54) is 0 Å². The molecule has 2 aromatic rings. The molecule has 0 spiro atoms. The van der Waals surface area contributed by atoms with Crippen molar-refractivity contribution in [2.45, 2.75) is 25.9 Å². The second kappa shape index (κ2) is 4.96. The third kappa shape index (κ3) is 2.00. The number of hydrogen-bond donors (Lipinski definition) is 2. The fraction of sp³-hybridized carbons (Fsp3) is 0.364. The first-order chi connectivity index (χ1) is 7.86. The number of nitrogens with zero attached hydrogens (tertiary/aromatic N) is 2. The largest absolute Gasteiger partial charge is 0.467 e. The minimum atomic E-state index is -0.198. The van der Waals surface area contributed by atoms with E-state index in [1.807, 2.05) is 18.3 Å². The molecule has 0 saturated carbocycles. The highest BCUT2D eigenvalue weighted by molar-refractivity contribution is 5.15. The molecule has 86 valence electrons. The number of nitrogens with two attached hydrogens (primary N) is 1. The van der Waals surface area contributed by atoms with E-state index in [1.54, 1.807) is 12.5 Å². The molecule has 2 rings (SSSR count). The Morgan fingerprint density at radius 3 is 3.12 bits per heavy atom. The summed E-state index contributed by atoms with van der Waals surface area (Å²) >= 11 is 0. The first kappa shape index (κ1) is 10.9. The first-order valence-electron chi connectivity index (χ1n) is 5.37. The van der Waals surface area contributed by atoms with E-state index < -0.39 is 0 Å². The maximum atomic E-state index is 5.56. The fourth-order valence-corrected chi connectivity index (χ4v) is 1.75. The average molecular weight is 220 g/mol. The van der Waals surface area contributed by atoms with Gasteiger partial charge in [-0.05, 0) is 18.6 Å². The maximum Gasteiger partial charge on any atom is 0.137 e. The number of hydrogen-bond acceptors (Lipinski definition) is 4. The lowest BCUT2D eigenvalue weighted by atomic mass is 10.2. The summed E-state index contributed by atoms with van der Waals surface area (Å²) in [5.41, 5.74) is 2.73. The molecule has 0 saturated heterocycles. The van der Waals surface area contributed by atoms with Gasteiger partial charge in [0.2, 0.25) is 0 Å². The van der Waals surface area contributed by atoms with Crippen LogP contribution >= 0.6 is 0 Å². The third-order valence-corrected chi connectivity index (χ3v) is 2.46. The van der Waals surface area contributed by atoms with E-state index in [9.17, 15) is 0 Å². The van der Waals surface area contributed by atoms with E-state index >= 15 is 0 Å². The third-order valence-electron chi connectivity index (χ3n) is 2.46. The van der Waals surface area contributed by atoms with E-state index in [-0.39, 0.29) is 6.04 Å². The van der Waals surface area contributed by atoms with Crippen molar-refractivity contribution in [3.63, 3.8) is 0 Å². The van der Waals surface area contributed by atoms with Gasteiger partial charge in [0.15, 0.2) is 0 Å². The van der Waals surface area contributed by atoms with Crippen molar-refractivity contribution in [2.75, 3.05) is 0 Å². The number of nitrogens with one attached hydrogen (secondary N) is 1. The van der Waals surface area contributed by atoms with Crippen LogP contribution in [0.3, 0.4) is 0 Å². The van der Waals surface area contributed by atoms with Gasteiger partial charge in [0.05, 0.1) is 6.26 Å². The second-order valence-corrected chi connectivity index (χ2v) is 3.59. The van der Waals surface area contributed by atoms with Gasteiger partial charge in [-0.25, -0.2) is 10.4 Å². The SMILES string of the molecule is CCCn1ccnc1C(NN)c1ccco1. The molecule has 0 aromatic carbocycles. The monoisotopic (exact) mass is 220 g/mol. The number of rotatable bonds is 5. The van der Waals surface area contributed by atoms with Crippen LogP contribution in [-0.2, 0) is 6.54 Å². The van der Waals surface area contributed by atoms with Crippen LogP contribution in [0.15, 0.2) is 35.2 Å². The van der Waals surface area contributed by atoms with Crippen LogP contribution < -0.4 is 11.3 Å². The molecule has 0 aliphatic carbocycles. The minimum Gasteiger partial charge on any atom is -0.467 e. The molecule has 0 radical (unpaired) electrons. The molecule has 1 unspecified atom stereocenters. The highest BCUT2D eigenvalue weighted by atomic mass is 16.3. The van der Waals surface area contributed by atoms with Crippen molar-refractivity contribution in [1.82, 2.24) is 15.0 Å². The molecule has 2 aromatic heterocycles. The molecule has 0 bridgehead atoms. The fourth-order valence-electron chi connectivity index (χ4n) is 1.75. The standard InChI is InChI=1S/C11H16N4O/c1-2-6-15-7-5-13-11(15)10(14-12)9-4-3-8-16-9/h3-5,7-8,10,14H,2,6,12H2,1H3. The number of hydrazine groups is 1. The molecule has 0 aliphatic rings. The van der Waals surface area contributed by atoms with Gasteiger partial charge in [-0.1, -0.05) is 6.92 Å². The zero-order valence-electron chi connectivity index (χ0n) is 9.26. The van der Waals surface area contributed by atoms with Crippen molar-refractivity contribution in [3.05, 3.63) is 42.4 Å². The normalized spacial score (nSPS) is 12.9. The van der Waals surface area contributed by atoms with Crippen LogP contribution in [0.4, 0.5) is 0 Å². The lowest BCUT2D eigenvalue weighted by Crippen LogP contribution is -2.30. The Bertz CT molecular complexity index is 421. The lowest BCUT2D eigenvalue weighted by Gasteiger charge is -2.14. The molecule has 5 heteroatoms. The van der Waals surface area contributed by atoms with Gasteiger partial charge in [0.1, 0.15) is 17.6 Å². The maximum absolute atomic E-state index is 5.56. The average Bonchev–Trinajstić information content (AvgIpc) is 2.92. The highest BCUT2D eigenvalue weighted by Gasteiger charge is 2.19. The van der Waals surface area contributed by atoms with E-state index in [4.69, 9.17) is 10.3 Å². The van der Waals surface area contributed by atoms with Gasteiger partial charge in [0, 0.05) is 18.9 Å². The molecule has 3 N–H and O–H groups in total. The Kier molecular flexibility index (Phi) is 3.38. The van der Waals surface area contributed by atoms with Gasteiger partial charge in [-0.15, -0.1) is 0 Å². The Balaban J connectivity index is 2.30. The van der Waals surface area contributed by atoms with E-state index in [0.29, 0.717) is 0 Å². The Morgan fingerprint density at radius 2 is 2.50 bits per heavy atom. The number of aromatic nitrogens is 2. The van der Waals surface area contributed by atoms with Crippen LogP contribution in [0.25, 0.3) is 0 Å². The molecule has 5 nitrogen and oxygen atoms in total. The summed E-state index contributed by atoms with van der Waals surface area (Å²) < 4.78 is 7.42. The predicted molar refractivity (Wildman–Crippen MR) is 60.4 cm³/mol. The van der Waals surface area contributed by atoms with Crippen molar-refractivity contribution in [3.8, 4) is 0 Å². The number of aryl methyl sites for hydroxylation is 1. The lowest BCUT2D eigenvalue weighted by molar-refractivity contribution is 0.430. The summed E-state index contributed by atoms with van der Waals surface area (Å²) in [6.45, 7) is 3.05. The quantitative estimate of drug-likeness (QED) is 0.591. The first-order valence-corrected chi connectivity index (χ1v) is 5.37. The minimum absolute atomic E-state index is 0.198. The Hall–Kier alpha value is -1.59. The number of imidazole rings is 1. The summed E-state index contributed by atoms with van der Waals surface area (Å²) in [6, 6.07) is 3.53.